The number of rotatable bonds is 2. The van der Waals surface area contributed by atoms with E-state index in [1.807, 2.05) is 5.38 Å². The van der Waals surface area contributed by atoms with Crippen molar-refractivity contribution in [1.82, 2.24) is 15.0 Å². The summed E-state index contributed by atoms with van der Waals surface area (Å²) in [7, 11) is 0. The molecule has 0 aromatic carbocycles. The number of hydrogen-bond donors (Lipinski definition) is 0. The predicted octanol–water partition coefficient (Wildman–Crippen LogP) is 3.50. The summed E-state index contributed by atoms with van der Waals surface area (Å²) in [5.41, 5.74) is 0. The van der Waals surface area contributed by atoms with E-state index < -0.39 is 0 Å². The lowest BCUT2D eigenvalue weighted by Crippen LogP contribution is -1.85. The van der Waals surface area contributed by atoms with E-state index in [-0.39, 0.29) is 0 Å². The summed E-state index contributed by atoms with van der Waals surface area (Å²) in [6, 6.07) is 0. The van der Waals surface area contributed by atoms with E-state index in [9.17, 15) is 0 Å². The summed E-state index contributed by atoms with van der Waals surface area (Å²) >= 11 is 12.2. The molecule has 2 aromatic heterocycles. The Labute approximate surface area is 102 Å². The van der Waals surface area contributed by atoms with Gasteiger partial charge in [-0.1, -0.05) is 11.6 Å². The number of nitrogens with zero attached hydrogens (tertiary/aromatic N) is 3. The standard InChI is InChI=1S/C7H3BrClN3S2/c8-4-5(9)11-3-12-6(4)14-7-10-1-2-13-7/h1-3H. The Hall–Kier alpha value is -0.170. The quantitative estimate of drug-likeness (QED) is 0.796. The molecule has 7 heteroatoms. The number of aromatic nitrogens is 3. The van der Waals surface area contributed by atoms with Crippen LogP contribution in [-0.4, -0.2) is 15.0 Å². The first-order chi connectivity index (χ1) is 6.77. The normalized spacial score (nSPS) is 10.4. The average Bonchev–Trinajstić information content (AvgIpc) is 2.66. The van der Waals surface area contributed by atoms with Gasteiger partial charge in [-0.2, -0.15) is 0 Å². The van der Waals surface area contributed by atoms with Gasteiger partial charge < -0.3 is 0 Å². The molecular formula is C7H3BrClN3S2. The molecule has 0 bridgehead atoms. The second-order valence-corrected chi connectivity index (χ2v) is 5.47. The van der Waals surface area contributed by atoms with Crippen molar-refractivity contribution in [3.63, 3.8) is 0 Å². The molecule has 0 radical (unpaired) electrons. The highest BCUT2D eigenvalue weighted by molar-refractivity contribution is 9.10. The minimum absolute atomic E-state index is 0.416. The first-order valence-corrected chi connectivity index (χ1v) is 6.37. The van der Waals surface area contributed by atoms with Crippen LogP contribution in [0, 0.1) is 0 Å². The zero-order chi connectivity index (χ0) is 9.97. The van der Waals surface area contributed by atoms with Crippen LogP contribution in [0.3, 0.4) is 0 Å². The molecule has 0 amide bonds. The third-order valence-electron chi connectivity index (χ3n) is 1.31. The zero-order valence-corrected chi connectivity index (χ0v) is 10.6. The van der Waals surface area contributed by atoms with Crippen LogP contribution in [0.25, 0.3) is 0 Å². The molecule has 2 aromatic rings. The predicted molar refractivity (Wildman–Crippen MR) is 61.0 cm³/mol. The van der Waals surface area contributed by atoms with Crippen molar-refractivity contribution >= 4 is 50.6 Å². The topological polar surface area (TPSA) is 38.7 Å². The Morgan fingerprint density at radius 3 is 2.93 bits per heavy atom. The summed E-state index contributed by atoms with van der Waals surface area (Å²) in [4.78, 5) is 12.1. The van der Waals surface area contributed by atoms with E-state index >= 15 is 0 Å². The molecule has 3 nitrogen and oxygen atoms in total. The summed E-state index contributed by atoms with van der Waals surface area (Å²) in [6.07, 6.45) is 3.19. The highest BCUT2D eigenvalue weighted by Gasteiger charge is 2.09. The zero-order valence-electron chi connectivity index (χ0n) is 6.65. The largest absolute Gasteiger partial charge is 0.238 e. The van der Waals surface area contributed by atoms with Gasteiger partial charge in [0.2, 0.25) is 0 Å². The maximum Gasteiger partial charge on any atom is 0.156 e. The van der Waals surface area contributed by atoms with Crippen molar-refractivity contribution < 1.29 is 0 Å². The van der Waals surface area contributed by atoms with Crippen molar-refractivity contribution in [3.05, 3.63) is 27.5 Å². The third-order valence-corrected chi connectivity index (χ3v) is 4.72. The molecule has 0 N–H and O–H groups in total. The van der Waals surface area contributed by atoms with Gasteiger partial charge in [0.25, 0.3) is 0 Å². The van der Waals surface area contributed by atoms with Gasteiger partial charge in [0.15, 0.2) is 4.34 Å². The second-order valence-electron chi connectivity index (χ2n) is 2.18. The van der Waals surface area contributed by atoms with E-state index in [2.05, 4.69) is 30.9 Å². The average molecular weight is 309 g/mol. The molecule has 2 heterocycles. The second kappa shape index (κ2) is 4.57. The number of halogens is 2. The van der Waals surface area contributed by atoms with E-state index in [0.29, 0.717) is 9.63 Å². The van der Waals surface area contributed by atoms with Crippen molar-refractivity contribution in [2.75, 3.05) is 0 Å². The Balaban J connectivity index is 2.29. The highest BCUT2D eigenvalue weighted by atomic mass is 79.9. The van der Waals surface area contributed by atoms with Crippen molar-refractivity contribution in [2.45, 2.75) is 9.37 Å². The summed E-state index contributed by atoms with van der Waals surface area (Å²) < 4.78 is 1.64. The van der Waals surface area contributed by atoms with E-state index in [0.717, 1.165) is 9.37 Å². The van der Waals surface area contributed by atoms with Gasteiger partial charge in [0.1, 0.15) is 16.5 Å². The fourth-order valence-electron chi connectivity index (χ4n) is 0.748. The molecule has 0 spiro atoms. The fraction of sp³-hybridized carbons (Fsp3) is 0. The molecule has 0 unspecified atom stereocenters. The van der Waals surface area contributed by atoms with Gasteiger partial charge in [0, 0.05) is 11.6 Å². The molecule has 14 heavy (non-hydrogen) atoms. The smallest absolute Gasteiger partial charge is 0.156 e. The Bertz CT molecular complexity index is 435. The van der Waals surface area contributed by atoms with Crippen LogP contribution in [0.1, 0.15) is 0 Å². The van der Waals surface area contributed by atoms with E-state index in [1.165, 1.54) is 18.1 Å². The maximum atomic E-state index is 5.83. The van der Waals surface area contributed by atoms with Crippen LogP contribution in [0.15, 0.2) is 31.7 Å². The minimum Gasteiger partial charge on any atom is -0.238 e. The Morgan fingerprint density at radius 1 is 1.36 bits per heavy atom. The summed E-state index contributed by atoms with van der Waals surface area (Å²) in [6.45, 7) is 0. The van der Waals surface area contributed by atoms with Crippen LogP contribution >= 0.6 is 50.6 Å². The first-order valence-electron chi connectivity index (χ1n) is 3.50. The van der Waals surface area contributed by atoms with Crippen LogP contribution in [0.5, 0.6) is 0 Å². The fourth-order valence-corrected chi connectivity index (χ4v) is 2.91. The summed E-state index contributed by atoms with van der Waals surface area (Å²) in [5.74, 6) is 0. The van der Waals surface area contributed by atoms with E-state index in [4.69, 9.17) is 11.6 Å². The van der Waals surface area contributed by atoms with E-state index in [1.54, 1.807) is 17.5 Å². The van der Waals surface area contributed by atoms with Gasteiger partial charge in [-0.05, 0) is 27.7 Å². The lowest BCUT2D eigenvalue weighted by molar-refractivity contribution is 1.02. The molecule has 0 saturated heterocycles. The highest BCUT2D eigenvalue weighted by Crippen LogP contribution is 2.35. The molecule has 0 fully saturated rings. The minimum atomic E-state index is 0.416. The molecule has 72 valence electrons. The van der Waals surface area contributed by atoms with Crippen molar-refractivity contribution in [1.29, 1.82) is 0 Å². The molecule has 0 atom stereocenters. The van der Waals surface area contributed by atoms with Gasteiger partial charge in [-0.25, -0.2) is 15.0 Å². The number of thiazole rings is 1. The monoisotopic (exact) mass is 307 g/mol. The molecular weight excluding hydrogens is 306 g/mol. The first kappa shape index (κ1) is 10.4. The molecule has 0 saturated carbocycles. The maximum absolute atomic E-state index is 5.83. The Morgan fingerprint density at radius 2 is 2.21 bits per heavy atom. The summed E-state index contributed by atoms with van der Waals surface area (Å²) in [5, 5.41) is 3.11. The third kappa shape index (κ3) is 2.25. The lowest BCUT2D eigenvalue weighted by Gasteiger charge is -2.00. The van der Waals surface area contributed by atoms with Crippen molar-refractivity contribution in [3.8, 4) is 0 Å². The van der Waals surface area contributed by atoms with Crippen molar-refractivity contribution in [2.24, 2.45) is 0 Å². The molecule has 0 aliphatic carbocycles. The molecule has 0 aliphatic heterocycles. The van der Waals surface area contributed by atoms with Gasteiger partial charge in [0.05, 0.1) is 4.47 Å². The van der Waals surface area contributed by atoms with Crippen LogP contribution in [-0.2, 0) is 0 Å². The van der Waals surface area contributed by atoms with Crippen LogP contribution < -0.4 is 0 Å². The van der Waals surface area contributed by atoms with Crippen LogP contribution in [0.2, 0.25) is 5.15 Å². The number of hydrogen-bond acceptors (Lipinski definition) is 5. The Kier molecular flexibility index (Phi) is 3.38. The molecule has 0 aliphatic rings. The SMILES string of the molecule is Clc1ncnc(Sc2nccs2)c1Br. The molecule has 2 rings (SSSR count). The lowest BCUT2D eigenvalue weighted by atomic mass is 10.7. The van der Waals surface area contributed by atoms with Gasteiger partial charge in [-0.15, -0.1) is 11.3 Å². The van der Waals surface area contributed by atoms with Crippen LogP contribution in [0.4, 0.5) is 0 Å². The van der Waals surface area contributed by atoms with Gasteiger partial charge in [-0.3, -0.25) is 0 Å². The van der Waals surface area contributed by atoms with Gasteiger partial charge >= 0.3 is 0 Å².